The fourth-order valence-corrected chi connectivity index (χ4v) is 4.64. The Balaban J connectivity index is 1.91. The normalized spacial score (nSPS) is 12.5. The molecular formula is C30H22F9NO3. The number of para-hydroxylation sites is 2. The standard InChI is InChI=1S/C30H22F9NO3/c31-28(32,33)41-23-12-6-10-21(16-23)27(18-20-8-2-1-3-9-20,22-11-7-13-24(17-22)42-29(34,35)36)19-40-25-14-4-5-15-26(25)43-30(37,38)39/h1-17,40H,18-19H2. The smallest absolute Gasteiger partial charge is 0.406 e. The Morgan fingerprint density at radius 2 is 1.00 bits per heavy atom. The number of hydrogen-bond acceptors (Lipinski definition) is 4. The molecule has 0 aromatic heterocycles. The molecule has 4 nitrogen and oxygen atoms in total. The topological polar surface area (TPSA) is 39.7 Å². The third-order valence-corrected chi connectivity index (χ3v) is 6.28. The maximum absolute atomic E-state index is 13.1. The Kier molecular flexibility index (Phi) is 9.02. The lowest BCUT2D eigenvalue weighted by Crippen LogP contribution is -2.38. The van der Waals surface area contributed by atoms with E-state index in [1.165, 1.54) is 42.5 Å². The first-order valence-electron chi connectivity index (χ1n) is 12.5. The average Bonchev–Trinajstić information content (AvgIpc) is 2.90. The van der Waals surface area contributed by atoms with Crippen molar-refractivity contribution in [2.24, 2.45) is 0 Å². The Bertz CT molecular complexity index is 1440. The van der Waals surface area contributed by atoms with Gasteiger partial charge in [0.1, 0.15) is 11.5 Å². The van der Waals surface area contributed by atoms with Crippen LogP contribution in [0.5, 0.6) is 17.2 Å². The molecule has 1 N–H and O–H groups in total. The van der Waals surface area contributed by atoms with Crippen molar-refractivity contribution >= 4 is 5.69 Å². The van der Waals surface area contributed by atoms with Crippen molar-refractivity contribution in [1.29, 1.82) is 0 Å². The average molecular weight is 615 g/mol. The van der Waals surface area contributed by atoms with Crippen LogP contribution in [0, 0.1) is 0 Å². The number of hydrogen-bond donors (Lipinski definition) is 1. The predicted octanol–water partition coefficient (Wildman–Crippen LogP) is 9.02. The summed E-state index contributed by atoms with van der Waals surface area (Å²) in [7, 11) is 0. The summed E-state index contributed by atoms with van der Waals surface area (Å²) < 4.78 is 130. The van der Waals surface area contributed by atoms with Crippen molar-refractivity contribution in [3.8, 4) is 17.2 Å². The van der Waals surface area contributed by atoms with E-state index >= 15 is 0 Å². The highest BCUT2D eigenvalue weighted by molar-refractivity contribution is 5.58. The molecule has 4 rings (SSSR count). The van der Waals surface area contributed by atoms with Gasteiger partial charge in [-0.25, -0.2) is 0 Å². The van der Waals surface area contributed by atoms with Gasteiger partial charge in [-0.3, -0.25) is 0 Å². The number of rotatable bonds is 10. The molecule has 0 aliphatic rings. The number of benzene rings is 4. The van der Waals surface area contributed by atoms with E-state index in [-0.39, 0.29) is 29.8 Å². The molecule has 0 radical (unpaired) electrons. The van der Waals surface area contributed by atoms with E-state index in [9.17, 15) is 39.5 Å². The van der Waals surface area contributed by atoms with Crippen molar-refractivity contribution in [1.82, 2.24) is 0 Å². The lowest BCUT2D eigenvalue weighted by Gasteiger charge is -2.37. The van der Waals surface area contributed by atoms with Gasteiger partial charge in [-0.15, -0.1) is 39.5 Å². The summed E-state index contributed by atoms with van der Waals surface area (Å²) in [5, 5.41) is 2.88. The number of nitrogens with one attached hydrogen (secondary N) is 1. The zero-order chi connectivity index (χ0) is 31.3. The summed E-state index contributed by atoms with van der Waals surface area (Å²) in [4.78, 5) is 0. The van der Waals surface area contributed by atoms with E-state index < -0.39 is 41.8 Å². The lowest BCUT2D eigenvalue weighted by molar-refractivity contribution is -0.275. The monoisotopic (exact) mass is 615 g/mol. The molecule has 0 aliphatic heterocycles. The molecule has 0 aliphatic carbocycles. The highest BCUT2D eigenvalue weighted by Crippen LogP contribution is 2.41. The summed E-state index contributed by atoms with van der Waals surface area (Å²) in [6.07, 6.45) is -15.2. The number of ether oxygens (including phenoxy) is 3. The predicted molar refractivity (Wildman–Crippen MR) is 139 cm³/mol. The van der Waals surface area contributed by atoms with Gasteiger partial charge >= 0.3 is 19.1 Å². The molecule has 228 valence electrons. The first-order chi connectivity index (χ1) is 20.1. The van der Waals surface area contributed by atoms with Gasteiger partial charge in [0, 0.05) is 12.0 Å². The first kappa shape index (κ1) is 31.4. The molecule has 4 aromatic rings. The minimum Gasteiger partial charge on any atom is -0.406 e. The Labute approximate surface area is 239 Å². The Morgan fingerprint density at radius 3 is 1.51 bits per heavy atom. The van der Waals surface area contributed by atoms with Crippen LogP contribution in [-0.2, 0) is 11.8 Å². The molecule has 0 saturated carbocycles. The zero-order valence-electron chi connectivity index (χ0n) is 21.9. The highest BCUT2D eigenvalue weighted by Gasteiger charge is 2.39. The van der Waals surface area contributed by atoms with Crippen LogP contribution in [0.2, 0.25) is 0 Å². The van der Waals surface area contributed by atoms with Crippen LogP contribution in [0.4, 0.5) is 45.2 Å². The van der Waals surface area contributed by atoms with Gasteiger partial charge in [-0.1, -0.05) is 66.7 Å². The number of anilines is 1. The van der Waals surface area contributed by atoms with Gasteiger partial charge < -0.3 is 19.5 Å². The number of halogens is 9. The van der Waals surface area contributed by atoms with Crippen molar-refractivity contribution < 1.29 is 53.7 Å². The molecule has 43 heavy (non-hydrogen) atoms. The summed E-state index contributed by atoms with van der Waals surface area (Å²) in [6.45, 7) is -0.314. The van der Waals surface area contributed by atoms with E-state index in [4.69, 9.17) is 0 Å². The van der Waals surface area contributed by atoms with E-state index in [0.29, 0.717) is 5.56 Å². The fourth-order valence-electron chi connectivity index (χ4n) is 4.64. The van der Waals surface area contributed by atoms with Crippen molar-refractivity contribution in [2.75, 3.05) is 11.9 Å². The minimum atomic E-state index is -5.05. The molecule has 0 spiro atoms. The first-order valence-corrected chi connectivity index (χ1v) is 12.5. The largest absolute Gasteiger partial charge is 0.573 e. The van der Waals surface area contributed by atoms with E-state index in [1.54, 1.807) is 30.3 Å². The Hall–Kier alpha value is -4.55. The highest BCUT2D eigenvalue weighted by atomic mass is 19.4. The molecule has 0 amide bonds. The SMILES string of the molecule is FC(F)(F)Oc1cccc(C(CNc2ccccc2OC(F)(F)F)(Cc2ccccc2)c2cccc(OC(F)(F)F)c2)c1. The molecule has 13 heteroatoms. The molecule has 0 saturated heterocycles. The second kappa shape index (κ2) is 12.4. The fraction of sp³-hybridized carbons (Fsp3) is 0.200. The molecule has 0 heterocycles. The van der Waals surface area contributed by atoms with E-state index in [1.807, 2.05) is 0 Å². The van der Waals surface area contributed by atoms with Crippen LogP contribution in [0.3, 0.4) is 0 Å². The maximum Gasteiger partial charge on any atom is 0.573 e. The van der Waals surface area contributed by atoms with Crippen molar-refractivity contribution in [3.63, 3.8) is 0 Å². The van der Waals surface area contributed by atoms with Crippen molar-refractivity contribution in [2.45, 2.75) is 30.9 Å². The third kappa shape index (κ3) is 8.97. The molecular weight excluding hydrogens is 593 g/mol. The molecule has 0 fully saturated rings. The quantitative estimate of drug-likeness (QED) is 0.181. The second-order valence-corrected chi connectivity index (χ2v) is 9.29. The van der Waals surface area contributed by atoms with Gasteiger partial charge in [0.05, 0.1) is 5.69 Å². The molecule has 0 atom stereocenters. The van der Waals surface area contributed by atoms with Crippen LogP contribution < -0.4 is 19.5 Å². The van der Waals surface area contributed by atoms with Gasteiger partial charge in [0.2, 0.25) is 0 Å². The Morgan fingerprint density at radius 1 is 0.512 bits per heavy atom. The second-order valence-electron chi connectivity index (χ2n) is 9.29. The van der Waals surface area contributed by atoms with E-state index in [2.05, 4.69) is 19.5 Å². The molecule has 0 unspecified atom stereocenters. The van der Waals surface area contributed by atoms with Crippen molar-refractivity contribution in [3.05, 3.63) is 120 Å². The lowest BCUT2D eigenvalue weighted by atomic mass is 9.70. The zero-order valence-corrected chi connectivity index (χ0v) is 21.9. The molecule has 4 aromatic carbocycles. The maximum atomic E-state index is 13.1. The minimum absolute atomic E-state index is 0.0198. The third-order valence-electron chi connectivity index (χ3n) is 6.28. The summed E-state index contributed by atoms with van der Waals surface area (Å²) >= 11 is 0. The van der Waals surface area contributed by atoms with E-state index in [0.717, 1.165) is 30.3 Å². The number of alkyl halides is 9. The summed E-state index contributed by atoms with van der Waals surface area (Å²) in [6, 6.07) is 23.3. The van der Waals surface area contributed by atoms with Crippen LogP contribution in [-0.4, -0.2) is 25.6 Å². The summed E-state index contributed by atoms with van der Waals surface area (Å²) in [5.74, 6) is -1.80. The van der Waals surface area contributed by atoms with Crippen LogP contribution in [0.15, 0.2) is 103 Å². The van der Waals surface area contributed by atoms with Gasteiger partial charge in [0.25, 0.3) is 0 Å². The van der Waals surface area contributed by atoms with Crippen LogP contribution in [0.25, 0.3) is 0 Å². The van der Waals surface area contributed by atoms with Gasteiger partial charge in [0.15, 0.2) is 5.75 Å². The van der Waals surface area contributed by atoms with Crippen LogP contribution in [0.1, 0.15) is 16.7 Å². The van der Waals surface area contributed by atoms with Crippen LogP contribution >= 0.6 is 0 Å². The summed E-state index contributed by atoms with van der Waals surface area (Å²) in [5.41, 5.74) is -0.688. The van der Waals surface area contributed by atoms with Gasteiger partial charge in [-0.2, -0.15) is 0 Å². The molecule has 0 bridgehead atoms. The van der Waals surface area contributed by atoms with Gasteiger partial charge in [-0.05, 0) is 59.5 Å².